The fraction of sp³-hybridized carbons (Fsp3) is 0.353. The molecule has 1 aliphatic heterocycles. The monoisotopic (exact) mass is 346 g/mol. The number of hydrogen-bond donors (Lipinski definition) is 0. The van der Waals surface area contributed by atoms with Crippen LogP contribution in [0.5, 0.6) is 0 Å². The van der Waals surface area contributed by atoms with E-state index < -0.39 is 0 Å². The van der Waals surface area contributed by atoms with Gasteiger partial charge in [0.1, 0.15) is 0 Å². The number of fused-ring (bicyclic) bond motifs is 1. The average Bonchev–Trinajstić information content (AvgIpc) is 2.74. The Balaban J connectivity index is 0.000000191. The van der Waals surface area contributed by atoms with Gasteiger partial charge in [0.2, 0.25) is 0 Å². The molecular formula is C17H21CoP2. The molecule has 20 heavy (non-hydrogen) atoms. The number of allylic oxidation sites excluding steroid dienone is 8. The van der Waals surface area contributed by atoms with Crippen molar-refractivity contribution < 1.29 is 16.8 Å². The third kappa shape index (κ3) is 4.67. The zero-order chi connectivity index (χ0) is 13.8. The Kier molecular flexibility index (Phi) is 7.41. The largest absolute Gasteiger partial charge is 0.0687 e. The molecule has 0 unspecified atom stereocenters. The van der Waals surface area contributed by atoms with Gasteiger partial charge in [-0.15, -0.1) is 0 Å². The molecule has 0 aromatic carbocycles. The normalized spacial score (nSPS) is 20.2. The topological polar surface area (TPSA) is 0 Å². The van der Waals surface area contributed by atoms with Gasteiger partial charge in [-0.3, -0.25) is 0 Å². The van der Waals surface area contributed by atoms with Crippen LogP contribution in [0.4, 0.5) is 0 Å². The molecule has 0 aromatic rings. The van der Waals surface area contributed by atoms with Gasteiger partial charge in [0, 0.05) is 32.8 Å². The Bertz CT molecular complexity index is 490. The maximum absolute atomic E-state index is 2.28. The van der Waals surface area contributed by atoms with Crippen LogP contribution in [0.3, 0.4) is 0 Å². The Morgan fingerprint density at radius 3 is 1.75 bits per heavy atom. The van der Waals surface area contributed by atoms with Crippen molar-refractivity contribution in [2.45, 2.75) is 27.7 Å². The third-order valence-electron chi connectivity index (χ3n) is 3.04. The fourth-order valence-corrected chi connectivity index (χ4v) is 4.33. The Morgan fingerprint density at radius 1 is 0.750 bits per heavy atom. The summed E-state index contributed by atoms with van der Waals surface area (Å²) in [6.45, 7) is 9.14. The predicted molar refractivity (Wildman–Crippen MR) is 92.3 cm³/mol. The Hall–Kier alpha value is -0.194. The van der Waals surface area contributed by atoms with Gasteiger partial charge in [0.25, 0.3) is 0 Å². The second kappa shape index (κ2) is 8.30. The van der Waals surface area contributed by atoms with E-state index in [9.17, 15) is 0 Å². The van der Waals surface area contributed by atoms with Crippen LogP contribution in [0.2, 0.25) is 0 Å². The van der Waals surface area contributed by atoms with Crippen LogP contribution in [0.1, 0.15) is 27.7 Å². The smallest absolute Gasteiger partial charge is 0.0485 e. The summed E-state index contributed by atoms with van der Waals surface area (Å²) in [7, 11) is 3.10. The SMILES string of the molecule is C1=C[C]2C=CC=C2C=C1.CC(C)C1=PC(C(C)C)=P1.[Co]. The summed E-state index contributed by atoms with van der Waals surface area (Å²) in [6.07, 6.45) is 14.7. The second-order valence-electron chi connectivity index (χ2n) is 5.40. The molecule has 1 heterocycles. The minimum Gasteiger partial charge on any atom is -0.0687 e. The first-order chi connectivity index (χ1) is 9.08. The number of rotatable bonds is 2. The van der Waals surface area contributed by atoms with Crippen molar-refractivity contribution in [3.05, 3.63) is 54.0 Å². The van der Waals surface area contributed by atoms with E-state index in [0.29, 0.717) is 0 Å². The fourth-order valence-electron chi connectivity index (χ4n) is 1.83. The minimum absolute atomic E-state index is 0. The molecule has 2 radical (unpaired) electrons. The third-order valence-corrected chi connectivity index (χ3v) is 7.22. The van der Waals surface area contributed by atoms with Crippen molar-refractivity contribution in [1.82, 2.24) is 0 Å². The minimum atomic E-state index is 0. The maximum Gasteiger partial charge on any atom is 0.0485 e. The first-order valence-electron chi connectivity index (χ1n) is 6.85. The van der Waals surface area contributed by atoms with E-state index in [4.69, 9.17) is 0 Å². The van der Waals surface area contributed by atoms with E-state index in [-0.39, 0.29) is 16.8 Å². The molecule has 0 atom stereocenters. The van der Waals surface area contributed by atoms with E-state index >= 15 is 0 Å². The summed E-state index contributed by atoms with van der Waals surface area (Å²) in [6, 6.07) is 0. The first kappa shape index (κ1) is 17.9. The van der Waals surface area contributed by atoms with Gasteiger partial charge in [-0.2, -0.15) is 0 Å². The van der Waals surface area contributed by atoms with Gasteiger partial charge in [0.15, 0.2) is 0 Å². The molecule has 0 aromatic heterocycles. The van der Waals surface area contributed by atoms with Crippen LogP contribution in [-0.2, 0) is 16.8 Å². The Labute approximate surface area is 136 Å². The van der Waals surface area contributed by atoms with Crippen molar-refractivity contribution >= 4 is 26.5 Å². The molecule has 2 aliphatic carbocycles. The summed E-state index contributed by atoms with van der Waals surface area (Å²) in [4.78, 5) is 0. The van der Waals surface area contributed by atoms with Gasteiger partial charge < -0.3 is 0 Å². The van der Waals surface area contributed by atoms with Crippen LogP contribution in [0.15, 0.2) is 48.1 Å². The molecule has 0 spiro atoms. The van der Waals surface area contributed by atoms with Gasteiger partial charge >= 0.3 is 0 Å². The molecule has 0 N–H and O–H groups in total. The van der Waals surface area contributed by atoms with Crippen LogP contribution >= 0.6 is 16.4 Å². The molecule has 0 saturated heterocycles. The van der Waals surface area contributed by atoms with Gasteiger partial charge in [0.05, 0.1) is 0 Å². The van der Waals surface area contributed by atoms with Crippen LogP contribution in [0.25, 0.3) is 0 Å². The van der Waals surface area contributed by atoms with Crippen LogP contribution in [0, 0.1) is 17.8 Å². The molecule has 3 aliphatic rings. The molecule has 0 saturated carbocycles. The predicted octanol–water partition coefficient (Wildman–Crippen LogP) is 5.64. The van der Waals surface area contributed by atoms with Crippen molar-refractivity contribution in [3.63, 3.8) is 0 Å². The molecule has 0 amide bonds. The standard InChI is InChI=1S/C9H7.C8H14P2.Co/c1-2-5-9-7-3-6-8(9)4-1;1-5(2)7-9-8(10-7)6(3)4;/h1-7H;5-6H,1-4H3;. The van der Waals surface area contributed by atoms with Crippen LogP contribution in [-0.4, -0.2) is 10.1 Å². The van der Waals surface area contributed by atoms with E-state index in [1.54, 1.807) is 26.5 Å². The molecule has 0 fully saturated rings. The first-order valence-corrected chi connectivity index (χ1v) is 8.64. The zero-order valence-corrected chi connectivity index (χ0v) is 15.3. The summed E-state index contributed by atoms with van der Waals surface area (Å²) in [5.41, 5.74) is 1.33. The van der Waals surface area contributed by atoms with Crippen molar-refractivity contribution in [2.75, 3.05) is 0 Å². The zero-order valence-electron chi connectivity index (χ0n) is 12.4. The number of hydrogen-bond acceptors (Lipinski definition) is 0. The van der Waals surface area contributed by atoms with Crippen LogP contribution < -0.4 is 0 Å². The maximum atomic E-state index is 2.28. The molecule has 0 nitrogen and oxygen atoms in total. The molecule has 3 rings (SSSR count). The average molecular weight is 346 g/mol. The molecule has 108 valence electrons. The Morgan fingerprint density at radius 2 is 1.25 bits per heavy atom. The van der Waals surface area contributed by atoms with E-state index in [1.807, 2.05) is 0 Å². The van der Waals surface area contributed by atoms with Crippen molar-refractivity contribution in [2.24, 2.45) is 11.8 Å². The second-order valence-corrected chi connectivity index (χ2v) is 8.48. The van der Waals surface area contributed by atoms with Crippen molar-refractivity contribution in [3.8, 4) is 0 Å². The quantitative estimate of drug-likeness (QED) is 0.567. The molecular weight excluding hydrogens is 325 g/mol. The summed E-state index contributed by atoms with van der Waals surface area (Å²) in [5.74, 6) is 2.93. The van der Waals surface area contributed by atoms with E-state index in [2.05, 4.69) is 70.2 Å². The van der Waals surface area contributed by atoms with Gasteiger partial charge in [-0.1, -0.05) is 86.6 Å². The van der Waals surface area contributed by atoms with Gasteiger partial charge in [-0.25, -0.2) is 0 Å². The van der Waals surface area contributed by atoms with Gasteiger partial charge in [-0.05, 0) is 17.4 Å². The summed E-state index contributed by atoms with van der Waals surface area (Å²) < 4.78 is 0. The molecule has 0 bridgehead atoms. The van der Waals surface area contributed by atoms with E-state index in [0.717, 1.165) is 11.8 Å². The van der Waals surface area contributed by atoms with E-state index in [1.165, 1.54) is 11.5 Å². The summed E-state index contributed by atoms with van der Waals surface area (Å²) >= 11 is 0. The molecule has 3 heteroatoms. The summed E-state index contributed by atoms with van der Waals surface area (Å²) in [5, 5.41) is 3.40. The van der Waals surface area contributed by atoms with Crippen molar-refractivity contribution in [1.29, 1.82) is 0 Å².